The Balaban J connectivity index is 0.000000300. The molecule has 0 atom stereocenters. The number of aromatic nitrogens is 3. The Morgan fingerprint density at radius 2 is 1.29 bits per heavy atom. The van der Waals surface area contributed by atoms with E-state index in [1.807, 2.05) is 57.8 Å². The zero-order chi connectivity index (χ0) is 16.1. The standard InChI is InChI=1S/C13H10N3O2.C5H5.Fe/c17-11-5-10(6-12(18)7-11)16-8-13(14-15-16)9-3-1-2-4-9;1-2-4-5-3-1;/h1-8,17-18H;1-5H;/q;;+2. The van der Waals surface area contributed by atoms with Crippen LogP contribution in [0.3, 0.4) is 0 Å². The van der Waals surface area contributed by atoms with Crippen LogP contribution in [0.15, 0.2) is 24.4 Å². The molecule has 0 unspecified atom stereocenters. The Hall–Kier alpha value is -1.52. The molecule has 2 N–H and O–H groups in total. The molecule has 2 aromatic rings. The Labute approximate surface area is 153 Å². The summed E-state index contributed by atoms with van der Waals surface area (Å²) in [7, 11) is 0. The second kappa shape index (κ2) is 9.09. The second-order valence-corrected chi connectivity index (χ2v) is 4.89. The number of hydrogen-bond acceptors (Lipinski definition) is 4. The molecule has 10 radical (unpaired) electrons. The van der Waals surface area contributed by atoms with Crippen molar-refractivity contribution in [2.45, 2.75) is 0 Å². The summed E-state index contributed by atoms with van der Waals surface area (Å²) in [5.74, 6) is 0.941. The minimum Gasteiger partial charge on any atom is -0.508 e. The third-order valence-corrected chi connectivity index (χ3v) is 3.16. The molecule has 2 aliphatic carbocycles. The van der Waals surface area contributed by atoms with Crippen LogP contribution in [-0.4, -0.2) is 25.2 Å². The number of phenolic OH excluding ortho intramolecular Hbond substituents is 2. The fourth-order valence-electron chi connectivity index (χ4n) is 2.10. The van der Waals surface area contributed by atoms with Gasteiger partial charge in [0.1, 0.15) is 11.5 Å². The van der Waals surface area contributed by atoms with E-state index < -0.39 is 0 Å². The SMILES string of the molecule is Oc1cc(O)cc(-n2cc([C]3[CH][CH][CH][CH]3)nn2)c1.[CH]1[CH][CH][CH][CH]1.[Fe+2]. The van der Waals surface area contributed by atoms with Crippen molar-refractivity contribution in [2.75, 3.05) is 0 Å². The van der Waals surface area contributed by atoms with Crippen LogP contribution < -0.4 is 0 Å². The van der Waals surface area contributed by atoms with E-state index in [1.54, 1.807) is 6.20 Å². The van der Waals surface area contributed by atoms with Gasteiger partial charge in [-0.05, 0) is 57.8 Å². The van der Waals surface area contributed by atoms with E-state index >= 15 is 0 Å². The van der Waals surface area contributed by atoms with Crippen LogP contribution in [0.25, 0.3) is 5.69 Å². The zero-order valence-corrected chi connectivity index (χ0v) is 13.7. The predicted octanol–water partition coefficient (Wildman–Crippen LogP) is 2.45. The maximum atomic E-state index is 9.42. The Bertz CT molecular complexity index is 607. The Kier molecular flexibility index (Phi) is 7.13. The molecule has 2 fully saturated rings. The maximum Gasteiger partial charge on any atom is 2.00 e. The summed E-state index contributed by atoms with van der Waals surface area (Å²) in [6, 6.07) is 4.27. The van der Waals surface area contributed by atoms with E-state index in [4.69, 9.17) is 0 Å². The van der Waals surface area contributed by atoms with Crippen LogP contribution in [0.5, 0.6) is 11.5 Å². The van der Waals surface area contributed by atoms with Gasteiger partial charge in [-0.15, -0.1) is 5.10 Å². The van der Waals surface area contributed by atoms with Crippen molar-refractivity contribution in [3.05, 3.63) is 93.8 Å². The second-order valence-electron chi connectivity index (χ2n) is 4.89. The van der Waals surface area contributed by atoms with Crippen molar-refractivity contribution < 1.29 is 27.3 Å². The quantitative estimate of drug-likeness (QED) is 0.807. The molecule has 0 spiro atoms. The molecule has 0 bridgehead atoms. The molecule has 2 saturated carbocycles. The molecule has 2 aliphatic rings. The Morgan fingerprint density at radius 3 is 1.83 bits per heavy atom. The predicted molar refractivity (Wildman–Crippen MR) is 85.7 cm³/mol. The van der Waals surface area contributed by atoms with Gasteiger partial charge in [-0.25, -0.2) is 4.68 Å². The normalized spacial score (nSPS) is 17.2. The summed E-state index contributed by atoms with van der Waals surface area (Å²) >= 11 is 0. The van der Waals surface area contributed by atoms with Crippen LogP contribution in [0.1, 0.15) is 5.69 Å². The first-order valence-electron chi connectivity index (χ1n) is 7.07. The van der Waals surface area contributed by atoms with Crippen molar-refractivity contribution in [2.24, 2.45) is 0 Å². The van der Waals surface area contributed by atoms with Gasteiger partial charge in [0, 0.05) is 24.1 Å². The van der Waals surface area contributed by atoms with Gasteiger partial charge in [-0.1, -0.05) is 5.21 Å². The van der Waals surface area contributed by atoms with Gasteiger partial charge in [0.25, 0.3) is 0 Å². The summed E-state index contributed by atoms with van der Waals surface area (Å²) in [5, 5.41) is 26.9. The molecule has 6 heteroatoms. The topological polar surface area (TPSA) is 71.2 Å². The molecule has 0 amide bonds. The van der Waals surface area contributed by atoms with Crippen LogP contribution in [0.4, 0.5) is 0 Å². The molecule has 1 heterocycles. The van der Waals surface area contributed by atoms with Crippen molar-refractivity contribution in [3.63, 3.8) is 0 Å². The fourth-order valence-corrected chi connectivity index (χ4v) is 2.10. The van der Waals surface area contributed by atoms with Crippen LogP contribution in [-0.2, 0) is 17.1 Å². The molecule has 120 valence electrons. The maximum absolute atomic E-state index is 9.42. The number of rotatable bonds is 2. The van der Waals surface area contributed by atoms with E-state index in [-0.39, 0.29) is 28.6 Å². The van der Waals surface area contributed by atoms with Gasteiger partial charge >= 0.3 is 17.1 Å². The summed E-state index contributed by atoms with van der Waals surface area (Å²) in [4.78, 5) is 0. The molecule has 4 rings (SSSR count). The average molecular weight is 361 g/mol. The number of benzene rings is 1. The molecule has 5 nitrogen and oxygen atoms in total. The summed E-state index contributed by atoms with van der Waals surface area (Å²) in [6.45, 7) is 0. The molecular weight excluding hydrogens is 346 g/mol. The van der Waals surface area contributed by atoms with Gasteiger partial charge in [-0.3, -0.25) is 0 Å². The number of hydrogen-bond donors (Lipinski definition) is 2. The minimum absolute atomic E-state index is 0. The first kappa shape index (κ1) is 18.8. The minimum atomic E-state index is -0.0182. The van der Waals surface area contributed by atoms with E-state index in [0.717, 1.165) is 11.6 Å². The molecule has 0 saturated heterocycles. The molecule has 1 aromatic carbocycles. The number of aromatic hydroxyl groups is 2. The van der Waals surface area contributed by atoms with Crippen molar-refractivity contribution in [1.29, 1.82) is 0 Å². The molecule has 24 heavy (non-hydrogen) atoms. The zero-order valence-electron chi connectivity index (χ0n) is 12.6. The van der Waals surface area contributed by atoms with Crippen molar-refractivity contribution >= 4 is 0 Å². The van der Waals surface area contributed by atoms with E-state index in [9.17, 15) is 10.2 Å². The van der Waals surface area contributed by atoms with Crippen LogP contribution in [0.2, 0.25) is 0 Å². The summed E-state index contributed by atoms with van der Waals surface area (Å²) in [6.07, 6.45) is 19.5. The smallest absolute Gasteiger partial charge is 0.508 e. The van der Waals surface area contributed by atoms with Crippen LogP contribution in [0, 0.1) is 63.7 Å². The third kappa shape index (κ3) is 4.99. The van der Waals surface area contributed by atoms with Crippen molar-refractivity contribution in [3.8, 4) is 17.2 Å². The van der Waals surface area contributed by atoms with Gasteiger partial charge in [0.05, 0.1) is 17.6 Å². The number of nitrogens with zero attached hydrogens (tertiary/aromatic N) is 3. The van der Waals surface area contributed by atoms with Crippen molar-refractivity contribution in [1.82, 2.24) is 15.0 Å². The summed E-state index contributed by atoms with van der Waals surface area (Å²) in [5.41, 5.74) is 1.29. The van der Waals surface area contributed by atoms with Gasteiger partial charge in [0.15, 0.2) is 0 Å². The van der Waals surface area contributed by atoms with Gasteiger partial charge in [-0.2, -0.15) is 0 Å². The third-order valence-electron chi connectivity index (χ3n) is 3.16. The first-order chi connectivity index (χ1) is 11.2. The average Bonchev–Trinajstić information content (AvgIpc) is 3.29. The molecule has 0 aliphatic heterocycles. The van der Waals surface area contributed by atoms with Gasteiger partial charge < -0.3 is 10.2 Å². The van der Waals surface area contributed by atoms with E-state index in [0.29, 0.717) is 5.69 Å². The molecular formula is C18H15FeN3O2+2. The van der Waals surface area contributed by atoms with E-state index in [2.05, 4.69) is 10.3 Å². The monoisotopic (exact) mass is 361 g/mol. The largest absolute Gasteiger partial charge is 2.00 e. The van der Waals surface area contributed by atoms with Gasteiger partial charge in [0.2, 0.25) is 0 Å². The molecule has 1 aromatic heterocycles. The summed E-state index contributed by atoms with van der Waals surface area (Å²) < 4.78 is 1.50. The Morgan fingerprint density at radius 1 is 0.750 bits per heavy atom. The fraction of sp³-hybridized carbons (Fsp3) is 0. The van der Waals surface area contributed by atoms with Crippen LogP contribution >= 0.6 is 0 Å². The number of phenols is 2. The first-order valence-corrected chi connectivity index (χ1v) is 7.07. The van der Waals surface area contributed by atoms with E-state index in [1.165, 1.54) is 22.9 Å².